The van der Waals surface area contributed by atoms with E-state index in [1.54, 1.807) is 12.3 Å². The number of benzene rings is 2. The van der Waals surface area contributed by atoms with Gasteiger partial charge in [0.25, 0.3) is 0 Å². The van der Waals surface area contributed by atoms with E-state index in [4.69, 9.17) is 23.2 Å². The molecule has 0 radical (unpaired) electrons. The first-order valence-corrected chi connectivity index (χ1v) is 9.57. The summed E-state index contributed by atoms with van der Waals surface area (Å²) in [6.07, 6.45) is -2.97. The molecule has 156 valence electrons. The van der Waals surface area contributed by atoms with Crippen molar-refractivity contribution in [1.29, 1.82) is 0 Å². The number of carbonyl (C=O) groups excluding carboxylic acids is 1. The van der Waals surface area contributed by atoms with Crippen molar-refractivity contribution in [3.8, 4) is 11.1 Å². The van der Waals surface area contributed by atoms with E-state index in [2.05, 4.69) is 15.6 Å². The molecule has 1 heterocycles. The van der Waals surface area contributed by atoms with Crippen LogP contribution in [0.2, 0.25) is 10.2 Å². The minimum absolute atomic E-state index is 0.148. The van der Waals surface area contributed by atoms with Gasteiger partial charge in [0.15, 0.2) is 0 Å². The summed E-state index contributed by atoms with van der Waals surface area (Å²) in [6.45, 7) is 0.0632. The molecule has 0 aliphatic carbocycles. The lowest BCUT2D eigenvalue weighted by atomic mass is 10.0. The van der Waals surface area contributed by atoms with E-state index in [9.17, 15) is 18.0 Å². The van der Waals surface area contributed by atoms with Crippen LogP contribution < -0.4 is 10.6 Å². The van der Waals surface area contributed by atoms with E-state index in [1.165, 1.54) is 6.07 Å². The van der Waals surface area contributed by atoms with Gasteiger partial charge < -0.3 is 10.6 Å². The highest BCUT2D eigenvalue weighted by Crippen LogP contribution is 2.36. The number of anilines is 1. The lowest BCUT2D eigenvalue weighted by molar-refractivity contribution is -0.137. The van der Waals surface area contributed by atoms with Crippen molar-refractivity contribution in [2.24, 2.45) is 0 Å². The van der Waals surface area contributed by atoms with Crippen LogP contribution in [0.15, 0.2) is 60.8 Å². The summed E-state index contributed by atoms with van der Waals surface area (Å²) in [6, 6.07) is 14.5. The fourth-order valence-electron chi connectivity index (χ4n) is 2.75. The lowest BCUT2D eigenvalue weighted by Crippen LogP contribution is -2.29. The molecule has 1 amide bonds. The van der Waals surface area contributed by atoms with Gasteiger partial charge in [-0.25, -0.2) is 4.98 Å². The van der Waals surface area contributed by atoms with Crippen LogP contribution in [0, 0.1) is 0 Å². The zero-order valence-electron chi connectivity index (χ0n) is 15.4. The maximum atomic E-state index is 12.9. The maximum absolute atomic E-state index is 12.9. The number of hydrogen-bond acceptors (Lipinski definition) is 3. The molecule has 2 N–H and O–H groups in total. The van der Waals surface area contributed by atoms with Crippen LogP contribution in [-0.4, -0.2) is 17.4 Å². The first kappa shape index (κ1) is 21.9. The Hall–Kier alpha value is -2.77. The molecule has 3 aromatic rings. The molecule has 0 saturated carbocycles. The van der Waals surface area contributed by atoms with E-state index >= 15 is 0 Å². The van der Waals surface area contributed by atoms with Crippen molar-refractivity contribution in [1.82, 2.24) is 10.3 Å². The predicted octanol–water partition coefficient (Wildman–Crippen LogP) is 5.80. The molecule has 0 spiro atoms. The summed E-state index contributed by atoms with van der Waals surface area (Å²) >= 11 is 11.7. The van der Waals surface area contributed by atoms with Crippen LogP contribution in [0.4, 0.5) is 18.9 Å². The molecule has 0 aliphatic rings. The Morgan fingerprint density at radius 3 is 2.57 bits per heavy atom. The topological polar surface area (TPSA) is 54.0 Å². The van der Waals surface area contributed by atoms with Crippen LogP contribution in [0.3, 0.4) is 0 Å². The van der Waals surface area contributed by atoms with Crippen molar-refractivity contribution in [3.63, 3.8) is 0 Å². The molecule has 9 heteroatoms. The SMILES string of the molecule is O=C(CNc1ccc(Cl)c(C(F)(F)F)c1)NCc1cccc(-c2cccnc2Cl)c1. The van der Waals surface area contributed by atoms with Gasteiger partial charge in [-0.15, -0.1) is 0 Å². The fraction of sp³-hybridized carbons (Fsp3) is 0.143. The summed E-state index contributed by atoms with van der Waals surface area (Å²) in [7, 11) is 0. The van der Waals surface area contributed by atoms with Gasteiger partial charge in [-0.3, -0.25) is 4.79 Å². The van der Waals surface area contributed by atoms with Gasteiger partial charge in [-0.05, 0) is 47.5 Å². The number of aromatic nitrogens is 1. The van der Waals surface area contributed by atoms with Gasteiger partial charge in [0, 0.05) is 24.0 Å². The van der Waals surface area contributed by atoms with Crippen molar-refractivity contribution < 1.29 is 18.0 Å². The number of nitrogens with one attached hydrogen (secondary N) is 2. The first-order chi connectivity index (χ1) is 14.2. The smallest absolute Gasteiger partial charge is 0.376 e. The lowest BCUT2D eigenvalue weighted by Gasteiger charge is -2.12. The number of rotatable bonds is 6. The second kappa shape index (κ2) is 9.36. The van der Waals surface area contributed by atoms with Gasteiger partial charge in [0.1, 0.15) is 5.15 Å². The third-order valence-electron chi connectivity index (χ3n) is 4.21. The van der Waals surface area contributed by atoms with Crippen LogP contribution in [0.1, 0.15) is 11.1 Å². The molecule has 2 aromatic carbocycles. The summed E-state index contributed by atoms with van der Waals surface area (Å²) < 4.78 is 38.7. The number of hydrogen-bond donors (Lipinski definition) is 2. The predicted molar refractivity (Wildman–Crippen MR) is 111 cm³/mol. The Bertz CT molecular complexity index is 1060. The summed E-state index contributed by atoms with van der Waals surface area (Å²) in [4.78, 5) is 16.1. The molecule has 0 aliphatic heterocycles. The van der Waals surface area contributed by atoms with Crippen molar-refractivity contribution in [2.75, 3.05) is 11.9 Å². The Morgan fingerprint density at radius 2 is 1.83 bits per heavy atom. The van der Waals surface area contributed by atoms with E-state index in [-0.39, 0.29) is 24.7 Å². The second-order valence-corrected chi connectivity index (χ2v) is 7.13. The van der Waals surface area contributed by atoms with E-state index in [0.29, 0.717) is 5.15 Å². The van der Waals surface area contributed by atoms with Gasteiger partial charge in [0.05, 0.1) is 17.1 Å². The summed E-state index contributed by atoms with van der Waals surface area (Å²) in [5, 5.41) is 5.37. The number of nitrogens with zero attached hydrogens (tertiary/aromatic N) is 1. The molecule has 4 nitrogen and oxygen atoms in total. The standard InChI is InChI=1S/C21H16Cl2F3N3O/c22-18-7-6-15(10-17(18)21(24,25)26)28-12-19(30)29-11-13-3-1-4-14(9-13)16-5-2-8-27-20(16)23/h1-10,28H,11-12H2,(H,29,30). The molecule has 0 saturated heterocycles. The quantitative estimate of drug-likeness (QED) is 0.463. The molecule has 0 bridgehead atoms. The average molecular weight is 454 g/mol. The van der Waals surface area contributed by atoms with Crippen LogP contribution in [0.25, 0.3) is 11.1 Å². The molecule has 0 unspecified atom stereocenters. The molecule has 3 rings (SSSR count). The van der Waals surface area contributed by atoms with Gasteiger partial charge in [-0.1, -0.05) is 41.4 Å². The molecule has 0 fully saturated rings. The number of halogens is 5. The third-order valence-corrected chi connectivity index (χ3v) is 4.84. The van der Waals surface area contributed by atoms with Crippen LogP contribution in [-0.2, 0) is 17.5 Å². The number of amides is 1. The van der Waals surface area contributed by atoms with Crippen molar-refractivity contribution in [3.05, 3.63) is 82.1 Å². The molecule has 30 heavy (non-hydrogen) atoms. The summed E-state index contributed by atoms with van der Waals surface area (Å²) in [5.41, 5.74) is 1.66. The Morgan fingerprint density at radius 1 is 1.03 bits per heavy atom. The minimum Gasteiger partial charge on any atom is -0.376 e. The van der Waals surface area contributed by atoms with E-state index in [0.717, 1.165) is 28.8 Å². The summed E-state index contributed by atoms with van der Waals surface area (Å²) in [5.74, 6) is -0.372. The highest BCUT2D eigenvalue weighted by atomic mass is 35.5. The molecule has 0 atom stereocenters. The Labute approximate surface area is 181 Å². The first-order valence-electron chi connectivity index (χ1n) is 8.81. The van der Waals surface area contributed by atoms with Crippen LogP contribution in [0.5, 0.6) is 0 Å². The fourth-order valence-corrected chi connectivity index (χ4v) is 3.20. The van der Waals surface area contributed by atoms with E-state index < -0.39 is 16.8 Å². The number of carbonyl (C=O) groups is 1. The van der Waals surface area contributed by atoms with Crippen LogP contribution >= 0.6 is 23.2 Å². The minimum atomic E-state index is -4.57. The number of pyridine rings is 1. The van der Waals surface area contributed by atoms with Gasteiger partial charge in [-0.2, -0.15) is 13.2 Å². The van der Waals surface area contributed by atoms with Crippen molar-refractivity contribution in [2.45, 2.75) is 12.7 Å². The second-order valence-electron chi connectivity index (χ2n) is 6.36. The Balaban J connectivity index is 1.58. The maximum Gasteiger partial charge on any atom is 0.417 e. The number of alkyl halides is 3. The highest BCUT2D eigenvalue weighted by molar-refractivity contribution is 6.32. The average Bonchev–Trinajstić information content (AvgIpc) is 2.71. The Kier molecular flexibility index (Phi) is 6.84. The normalized spacial score (nSPS) is 11.2. The zero-order valence-corrected chi connectivity index (χ0v) is 16.9. The van der Waals surface area contributed by atoms with E-state index in [1.807, 2.05) is 30.3 Å². The largest absolute Gasteiger partial charge is 0.417 e. The monoisotopic (exact) mass is 453 g/mol. The highest BCUT2D eigenvalue weighted by Gasteiger charge is 2.33. The molecular weight excluding hydrogens is 438 g/mol. The molecule has 1 aromatic heterocycles. The zero-order chi connectivity index (χ0) is 21.7. The third kappa shape index (κ3) is 5.64. The molecular formula is C21H16Cl2F3N3O. The van der Waals surface area contributed by atoms with Gasteiger partial charge >= 0.3 is 6.18 Å². The van der Waals surface area contributed by atoms with Crippen molar-refractivity contribution >= 4 is 34.8 Å². The van der Waals surface area contributed by atoms with Gasteiger partial charge in [0.2, 0.25) is 5.91 Å².